The van der Waals surface area contributed by atoms with E-state index in [-0.39, 0.29) is 11.6 Å². The first-order valence-electron chi connectivity index (χ1n) is 12.9. The van der Waals surface area contributed by atoms with Gasteiger partial charge in [-0.1, -0.05) is 45.0 Å². The van der Waals surface area contributed by atoms with Crippen LogP contribution in [0.2, 0.25) is 18.1 Å². The first kappa shape index (κ1) is 27.8. The molecule has 0 aliphatic carbocycles. The first-order valence-corrected chi connectivity index (χ1v) is 15.8. The number of aryl methyl sites for hydroxylation is 1. The van der Waals surface area contributed by atoms with Crippen LogP contribution in [0.5, 0.6) is 5.75 Å². The second kappa shape index (κ2) is 10.5. The quantitative estimate of drug-likeness (QED) is 0.391. The number of hydrogen-bond donors (Lipinski definition) is 3. The number of hydrogen-bond acceptors (Lipinski definition) is 6. The van der Waals surface area contributed by atoms with E-state index in [0.29, 0.717) is 6.42 Å². The number of methoxy groups -OCH3 is 1. The maximum Gasteiger partial charge on any atom is 0.192 e. The minimum Gasteiger partial charge on any atom is -0.497 e. The van der Waals surface area contributed by atoms with E-state index in [1.807, 2.05) is 42.0 Å². The average Bonchev–Trinajstić information content (AvgIpc) is 3.19. The molecule has 37 heavy (non-hydrogen) atoms. The van der Waals surface area contributed by atoms with Crippen molar-refractivity contribution in [3.05, 3.63) is 65.4 Å². The molecule has 2 heterocycles. The van der Waals surface area contributed by atoms with Crippen LogP contribution in [0.25, 0.3) is 10.9 Å². The van der Waals surface area contributed by atoms with Crippen LogP contribution in [-0.2, 0) is 15.6 Å². The number of aliphatic hydroxyl groups is 3. The highest BCUT2D eigenvalue weighted by atomic mass is 28.4. The lowest BCUT2D eigenvalue weighted by Crippen LogP contribution is -2.57. The van der Waals surface area contributed by atoms with Crippen LogP contribution in [0.1, 0.15) is 43.7 Å². The second-order valence-corrected chi connectivity index (χ2v) is 16.5. The number of benzene rings is 2. The smallest absolute Gasteiger partial charge is 0.192 e. The van der Waals surface area contributed by atoms with Crippen molar-refractivity contribution in [2.24, 2.45) is 0 Å². The summed E-state index contributed by atoms with van der Waals surface area (Å²) >= 11 is 0. The summed E-state index contributed by atoms with van der Waals surface area (Å²) in [5.41, 5.74) is 4.18. The lowest BCUT2D eigenvalue weighted by Gasteiger charge is -2.43. The highest BCUT2D eigenvalue weighted by Gasteiger charge is 2.46. The molecule has 4 rings (SSSR count). The monoisotopic (exact) mass is 527 g/mol. The fraction of sp³-hybridized carbons (Fsp3) is 0.517. The summed E-state index contributed by atoms with van der Waals surface area (Å²) in [4.78, 5) is 0. The van der Waals surface area contributed by atoms with Crippen LogP contribution in [0, 0.1) is 6.92 Å². The molecule has 3 aromatic rings. The Kier molecular flexibility index (Phi) is 7.91. The van der Waals surface area contributed by atoms with E-state index < -0.39 is 39.0 Å². The van der Waals surface area contributed by atoms with Gasteiger partial charge in [0.1, 0.15) is 30.2 Å². The molecule has 2 aromatic carbocycles. The number of fused-ring (bicyclic) bond motifs is 1. The number of nitrogens with zero attached hydrogens (tertiary/aromatic N) is 1. The Hall–Kier alpha value is -2.20. The summed E-state index contributed by atoms with van der Waals surface area (Å²) in [6.07, 6.45) is -2.90. The molecule has 1 saturated heterocycles. The van der Waals surface area contributed by atoms with E-state index in [1.165, 1.54) is 0 Å². The first-order chi connectivity index (χ1) is 17.3. The third-order valence-corrected chi connectivity index (χ3v) is 12.5. The minimum atomic E-state index is -2.11. The van der Waals surface area contributed by atoms with Crippen LogP contribution in [-0.4, -0.2) is 66.3 Å². The largest absolute Gasteiger partial charge is 0.497 e. The molecule has 0 radical (unpaired) electrons. The van der Waals surface area contributed by atoms with Gasteiger partial charge in [-0.3, -0.25) is 0 Å². The van der Waals surface area contributed by atoms with Gasteiger partial charge < -0.3 is 33.8 Å². The molecule has 1 aliphatic rings. The van der Waals surface area contributed by atoms with Crippen LogP contribution in [0.15, 0.2) is 48.7 Å². The Labute approximate surface area is 220 Å². The van der Waals surface area contributed by atoms with Gasteiger partial charge in [0.15, 0.2) is 14.5 Å². The molecule has 5 atom stereocenters. The Morgan fingerprint density at radius 3 is 2.27 bits per heavy atom. The summed E-state index contributed by atoms with van der Waals surface area (Å²) < 4.78 is 19.8. The molecular formula is C29H41NO6Si. The molecule has 0 bridgehead atoms. The molecule has 7 nitrogen and oxygen atoms in total. The van der Waals surface area contributed by atoms with E-state index in [2.05, 4.69) is 52.1 Å². The predicted molar refractivity (Wildman–Crippen MR) is 148 cm³/mol. The Morgan fingerprint density at radius 1 is 0.973 bits per heavy atom. The molecule has 1 fully saturated rings. The number of aliphatic hydroxyl groups excluding tert-OH is 3. The van der Waals surface area contributed by atoms with Gasteiger partial charge in [-0.05, 0) is 66.4 Å². The zero-order valence-corrected chi connectivity index (χ0v) is 23.9. The predicted octanol–water partition coefficient (Wildman–Crippen LogP) is 4.55. The fourth-order valence-electron chi connectivity index (χ4n) is 4.55. The third kappa shape index (κ3) is 5.65. The normalized spacial score (nSPS) is 25.0. The lowest BCUT2D eigenvalue weighted by atomic mass is 9.98. The van der Waals surface area contributed by atoms with Gasteiger partial charge in [-0.2, -0.15) is 0 Å². The third-order valence-electron chi connectivity index (χ3n) is 8.00. The zero-order chi connectivity index (χ0) is 27.1. The van der Waals surface area contributed by atoms with Crippen molar-refractivity contribution in [1.29, 1.82) is 0 Å². The van der Waals surface area contributed by atoms with Crippen molar-refractivity contribution in [3.63, 3.8) is 0 Å². The summed E-state index contributed by atoms with van der Waals surface area (Å²) in [5, 5.41) is 33.6. The molecule has 202 valence electrons. The fourth-order valence-corrected chi connectivity index (χ4v) is 5.57. The van der Waals surface area contributed by atoms with Gasteiger partial charge in [0.05, 0.1) is 19.2 Å². The summed E-state index contributed by atoms with van der Waals surface area (Å²) in [5.74, 6) is 0.805. The average molecular weight is 528 g/mol. The second-order valence-electron chi connectivity index (χ2n) is 11.7. The van der Waals surface area contributed by atoms with Crippen LogP contribution in [0.3, 0.4) is 0 Å². The van der Waals surface area contributed by atoms with Crippen molar-refractivity contribution in [2.45, 2.75) is 82.9 Å². The molecule has 0 unspecified atom stereocenters. The summed E-state index contributed by atoms with van der Waals surface area (Å²) in [6, 6.07) is 14.2. The maximum absolute atomic E-state index is 11.0. The maximum atomic E-state index is 11.0. The van der Waals surface area contributed by atoms with Crippen molar-refractivity contribution in [1.82, 2.24) is 4.57 Å². The van der Waals surface area contributed by atoms with E-state index in [1.54, 1.807) is 7.11 Å². The van der Waals surface area contributed by atoms with E-state index in [4.69, 9.17) is 13.9 Å². The number of aromatic nitrogens is 1. The summed E-state index contributed by atoms with van der Waals surface area (Å²) in [6.45, 7) is 12.9. The molecular weight excluding hydrogens is 486 g/mol. The van der Waals surface area contributed by atoms with Crippen molar-refractivity contribution >= 4 is 19.2 Å². The van der Waals surface area contributed by atoms with Gasteiger partial charge in [0.2, 0.25) is 0 Å². The number of rotatable bonds is 7. The van der Waals surface area contributed by atoms with Crippen LogP contribution >= 0.6 is 0 Å². The van der Waals surface area contributed by atoms with Crippen molar-refractivity contribution < 1.29 is 29.2 Å². The van der Waals surface area contributed by atoms with Gasteiger partial charge in [-0.15, -0.1) is 0 Å². The molecule has 0 amide bonds. The molecule has 3 N–H and O–H groups in total. The lowest BCUT2D eigenvalue weighted by molar-refractivity contribution is -0.249. The molecule has 0 saturated carbocycles. The van der Waals surface area contributed by atoms with Gasteiger partial charge in [-0.25, -0.2) is 0 Å². The molecule has 8 heteroatoms. The molecule has 1 aromatic heterocycles. The zero-order valence-electron chi connectivity index (χ0n) is 22.9. The highest BCUT2D eigenvalue weighted by molar-refractivity contribution is 6.74. The standard InChI is InChI=1S/C29H41NO6Si/c1-18-8-13-22-20(15-19-9-11-21(34-5)12-10-19)16-30(23(22)14-18)28-27(33)26(32)25(31)24(36-28)17-35-37(6,7)29(2,3)4/h8-14,16,24-28,31-33H,15,17H2,1-7H3/t24-,25-,26+,27-,28-/m1/s1. The highest BCUT2D eigenvalue weighted by Crippen LogP contribution is 2.38. The minimum absolute atomic E-state index is 0.00529. The van der Waals surface area contributed by atoms with Crippen molar-refractivity contribution in [3.8, 4) is 5.75 Å². The Morgan fingerprint density at radius 2 is 1.65 bits per heavy atom. The van der Waals surface area contributed by atoms with E-state index in [0.717, 1.165) is 33.3 Å². The number of ether oxygens (including phenoxy) is 2. The Bertz CT molecular complexity index is 1220. The molecule has 1 aliphatic heterocycles. The SMILES string of the molecule is COc1ccc(Cc2cn([C@@H]3O[C@H](CO[Si](C)(C)C(C)(C)C)[C@@H](O)[C@H](O)[C@H]3O)c3cc(C)ccc23)cc1. The van der Waals surface area contributed by atoms with Crippen LogP contribution in [0.4, 0.5) is 0 Å². The summed E-state index contributed by atoms with van der Waals surface area (Å²) in [7, 11) is -0.458. The van der Waals surface area contributed by atoms with E-state index >= 15 is 0 Å². The topological polar surface area (TPSA) is 93.3 Å². The Balaban J connectivity index is 1.66. The van der Waals surface area contributed by atoms with Gasteiger partial charge >= 0.3 is 0 Å². The van der Waals surface area contributed by atoms with Gasteiger partial charge in [0.25, 0.3) is 0 Å². The molecule has 0 spiro atoms. The van der Waals surface area contributed by atoms with Crippen LogP contribution < -0.4 is 4.74 Å². The van der Waals surface area contributed by atoms with E-state index in [9.17, 15) is 15.3 Å². The van der Waals surface area contributed by atoms with Crippen molar-refractivity contribution in [2.75, 3.05) is 13.7 Å². The van der Waals surface area contributed by atoms with Gasteiger partial charge in [0, 0.05) is 11.6 Å².